The van der Waals surface area contributed by atoms with E-state index in [-0.39, 0.29) is 0 Å². The Kier molecular flexibility index (Phi) is 4.17. The summed E-state index contributed by atoms with van der Waals surface area (Å²) < 4.78 is 0. The van der Waals surface area contributed by atoms with Crippen LogP contribution in [0, 0.1) is 5.92 Å². The van der Waals surface area contributed by atoms with Crippen LogP contribution in [0.1, 0.15) is 36.8 Å². The summed E-state index contributed by atoms with van der Waals surface area (Å²) in [4.78, 5) is 0. The lowest BCUT2D eigenvalue weighted by atomic mass is 9.76. The largest absolute Gasteiger partial charge is 0.314 e. The highest BCUT2D eigenvalue weighted by Crippen LogP contribution is 2.36. The monoisotopic (exact) mass is 265 g/mol. The molecule has 0 aliphatic carbocycles. The molecule has 2 unspecified atom stereocenters. The maximum Gasteiger partial charge on any atom is 0.0130 e. The zero-order chi connectivity index (χ0) is 13.8. The minimum atomic E-state index is 0.511. The zero-order valence-electron chi connectivity index (χ0n) is 12.1. The molecule has 0 saturated carbocycles. The first kappa shape index (κ1) is 13.4. The number of rotatable bonds is 3. The quantitative estimate of drug-likeness (QED) is 0.876. The Bertz CT molecular complexity index is 472. The molecule has 20 heavy (non-hydrogen) atoms. The van der Waals surface area contributed by atoms with Crippen LogP contribution in [-0.4, -0.2) is 12.6 Å². The van der Waals surface area contributed by atoms with E-state index in [0.717, 1.165) is 6.54 Å². The second-order valence-electron chi connectivity index (χ2n) is 5.95. The summed E-state index contributed by atoms with van der Waals surface area (Å²) in [6.07, 6.45) is 2.59. The number of benzene rings is 2. The lowest BCUT2D eigenvalue weighted by molar-refractivity contribution is 0.300. The van der Waals surface area contributed by atoms with Crippen molar-refractivity contribution in [3.8, 4) is 0 Å². The van der Waals surface area contributed by atoms with Crippen LogP contribution in [0.3, 0.4) is 0 Å². The Morgan fingerprint density at radius 2 is 1.40 bits per heavy atom. The van der Waals surface area contributed by atoms with Gasteiger partial charge >= 0.3 is 0 Å². The van der Waals surface area contributed by atoms with Gasteiger partial charge in [0.05, 0.1) is 0 Å². The Morgan fingerprint density at radius 1 is 0.850 bits per heavy atom. The molecule has 2 aromatic rings. The maximum atomic E-state index is 3.65. The predicted molar refractivity (Wildman–Crippen MR) is 84.9 cm³/mol. The highest BCUT2D eigenvalue weighted by molar-refractivity contribution is 5.33. The second kappa shape index (κ2) is 6.23. The van der Waals surface area contributed by atoms with Gasteiger partial charge in [0.2, 0.25) is 0 Å². The molecule has 2 aromatic carbocycles. The van der Waals surface area contributed by atoms with Crippen molar-refractivity contribution in [1.82, 2.24) is 5.32 Å². The van der Waals surface area contributed by atoms with E-state index in [9.17, 15) is 0 Å². The summed E-state index contributed by atoms with van der Waals surface area (Å²) in [5.41, 5.74) is 2.89. The van der Waals surface area contributed by atoms with E-state index in [1.807, 2.05) is 0 Å². The Balaban J connectivity index is 1.92. The average Bonchev–Trinajstić information content (AvgIpc) is 2.52. The van der Waals surface area contributed by atoms with Crippen molar-refractivity contribution >= 4 is 0 Å². The highest BCUT2D eigenvalue weighted by atomic mass is 14.9. The van der Waals surface area contributed by atoms with Gasteiger partial charge in [-0.1, -0.05) is 60.7 Å². The standard InChI is InChI=1S/C19H23N/c1-15-12-13-18(14-20-15)19(16-8-4-2-5-9-16)17-10-6-3-7-11-17/h2-11,15,18-20H,12-14H2,1H3. The molecule has 1 nitrogen and oxygen atoms in total. The van der Waals surface area contributed by atoms with Crippen LogP contribution in [-0.2, 0) is 0 Å². The molecule has 0 aromatic heterocycles. The molecule has 1 aliphatic heterocycles. The van der Waals surface area contributed by atoms with Crippen LogP contribution in [0.15, 0.2) is 60.7 Å². The minimum Gasteiger partial charge on any atom is -0.314 e. The van der Waals surface area contributed by atoms with Gasteiger partial charge in [0.25, 0.3) is 0 Å². The number of hydrogen-bond acceptors (Lipinski definition) is 1. The SMILES string of the molecule is CC1CCC(C(c2ccccc2)c2ccccc2)CN1. The molecule has 1 saturated heterocycles. The summed E-state index contributed by atoms with van der Waals surface area (Å²) in [6, 6.07) is 22.6. The Morgan fingerprint density at radius 3 is 1.85 bits per heavy atom. The molecule has 0 radical (unpaired) electrons. The van der Waals surface area contributed by atoms with Gasteiger partial charge in [-0.05, 0) is 43.4 Å². The van der Waals surface area contributed by atoms with Crippen molar-refractivity contribution in [2.75, 3.05) is 6.54 Å². The minimum absolute atomic E-state index is 0.511. The first-order valence-corrected chi connectivity index (χ1v) is 7.68. The maximum absolute atomic E-state index is 3.65. The number of piperidine rings is 1. The molecule has 1 fully saturated rings. The molecular formula is C19H23N. The summed E-state index contributed by atoms with van der Waals surface area (Å²) in [5.74, 6) is 1.20. The van der Waals surface area contributed by atoms with Gasteiger partial charge in [0.1, 0.15) is 0 Å². The van der Waals surface area contributed by atoms with Gasteiger partial charge in [0, 0.05) is 12.0 Å². The molecule has 1 heterocycles. The molecule has 1 heteroatoms. The predicted octanol–water partition coefficient (Wildman–Crippen LogP) is 4.21. The fraction of sp³-hybridized carbons (Fsp3) is 0.368. The van der Waals surface area contributed by atoms with E-state index in [0.29, 0.717) is 17.9 Å². The van der Waals surface area contributed by atoms with Crippen molar-refractivity contribution in [1.29, 1.82) is 0 Å². The Labute approximate surface area is 122 Å². The summed E-state index contributed by atoms with van der Waals surface area (Å²) in [5, 5.41) is 3.65. The first-order chi connectivity index (χ1) is 9.84. The van der Waals surface area contributed by atoms with Crippen LogP contribution in [0.25, 0.3) is 0 Å². The lowest BCUT2D eigenvalue weighted by Gasteiger charge is -2.34. The van der Waals surface area contributed by atoms with Crippen LogP contribution in [0.2, 0.25) is 0 Å². The highest BCUT2D eigenvalue weighted by Gasteiger charge is 2.27. The fourth-order valence-electron chi connectivity index (χ4n) is 3.36. The van der Waals surface area contributed by atoms with E-state index < -0.39 is 0 Å². The van der Waals surface area contributed by atoms with Gasteiger partial charge in [-0.3, -0.25) is 0 Å². The fourth-order valence-corrected chi connectivity index (χ4v) is 3.36. The van der Waals surface area contributed by atoms with E-state index in [1.54, 1.807) is 0 Å². The molecule has 3 rings (SSSR count). The van der Waals surface area contributed by atoms with Crippen LogP contribution >= 0.6 is 0 Å². The van der Waals surface area contributed by atoms with E-state index in [1.165, 1.54) is 24.0 Å². The third-order valence-electron chi connectivity index (χ3n) is 4.49. The van der Waals surface area contributed by atoms with E-state index in [4.69, 9.17) is 0 Å². The molecule has 1 aliphatic rings. The van der Waals surface area contributed by atoms with Crippen LogP contribution < -0.4 is 5.32 Å². The number of nitrogens with one attached hydrogen (secondary N) is 1. The molecule has 2 atom stereocenters. The van der Waals surface area contributed by atoms with Crippen molar-refractivity contribution in [2.45, 2.75) is 31.7 Å². The second-order valence-corrected chi connectivity index (χ2v) is 5.95. The van der Waals surface area contributed by atoms with Crippen molar-refractivity contribution in [3.63, 3.8) is 0 Å². The van der Waals surface area contributed by atoms with Crippen LogP contribution in [0.5, 0.6) is 0 Å². The van der Waals surface area contributed by atoms with Gasteiger partial charge < -0.3 is 5.32 Å². The smallest absolute Gasteiger partial charge is 0.0130 e. The molecule has 1 N–H and O–H groups in total. The zero-order valence-corrected chi connectivity index (χ0v) is 12.1. The van der Waals surface area contributed by atoms with E-state index >= 15 is 0 Å². The normalized spacial score (nSPS) is 22.9. The average molecular weight is 265 g/mol. The Hall–Kier alpha value is -1.60. The molecule has 104 valence electrons. The molecular weight excluding hydrogens is 242 g/mol. The van der Waals surface area contributed by atoms with E-state index in [2.05, 4.69) is 72.9 Å². The topological polar surface area (TPSA) is 12.0 Å². The van der Waals surface area contributed by atoms with Gasteiger partial charge in [-0.2, -0.15) is 0 Å². The third-order valence-corrected chi connectivity index (χ3v) is 4.49. The van der Waals surface area contributed by atoms with Crippen molar-refractivity contribution < 1.29 is 0 Å². The summed E-state index contributed by atoms with van der Waals surface area (Å²) in [6.45, 7) is 3.41. The molecule has 0 spiro atoms. The third kappa shape index (κ3) is 2.94. The van der Waals surface area contributed by atoms with Crippen molar-refractivity contribution in [3.05, 3.63) is 71.8 Å². The summed E-state index contributed by atoms with van der Waals surface area (Å²) in [7, 11) is 0. The molecule has 0 bridgehead atoms. The van der Waals surface area contributed by atoms with Crippen molar-refractivity contribution in [2.24, 2.45) is 5.92 Å². The molecule has 0 amide bonds. The summed E-state index contributed by atoms with van der Waals surface area (Å²) >= 11 is 0. The van der Waals surface area contributed by atoms with Gasteiger partial charge in [-0.15, -0.1) is 0 Å². The van der Waals surface area contributed by atoms with Gasteiger partial charge in [-0.25, -0.2) is 0 Å². The lowest BCUT2D eigenvalue weighted by Crippen LogP contribution is -2.39. The first-order valence-electron chi connectivity index (χ1n) is 7.68. The van der Waals surface area contributed by atoms with Crippen LogP contribution in [0.4, 0.5) is 0 Å². The van der Waals surface area contributed by atoms with Gasteiger partial charge in [0.15, 0.2) is 0 Å². The number of hydrogen-bond donors (Lipinski definition) is 1.